The van der Waals surface area contributed by atoms with Gasteiger partial charge in [-0.25, -0.2) is 15.3 Å². The molecule has 0 bridgehead atoms. The molecule has 2 aliphatic heterocycles. The lowest BCUT2D eigenvalue weighted by Crippen LogP contribution is -2.32. The monoisotopic (exact) mass is 408 g/mol. The number of hydrogen-bond donors (Lipinski definition) is 2. The largest absolute Gasteiger partial charge is 0.369 e. The van der Waals surface area contributed by atoms with Crippen molar-refractivity contribution in [2.45, 2.75) is 38.0 Å². The summed E-state index contributed by atoms with van der Waals surface area (Å²) in [4.78, 5) is 24.0. The third-order valence-corrected chi connectivity index (χ3v) is 5.30. The highest BCUT2D eigenvalue weighted by atomic mass is 16.8. The molecule has 0 radical (unpaired) electrons. The van der Waals surface area contributed by atoms with Crippen LogP contribution in [0.2, 0.25) is 0 Å². The smallest absolute Gasteiger partial charge is 0.267 e. The Bertz CT molecular complexity index is 835. The lowest BCUT2D eigenvalue weighted by molar-refractivity contribution is -0.198. The number of rotatable bonds is 7. The van der Waals surface area contributed by atoms with Crippen LogP contribution in [0, 0.1) is 0 Å². The van der Waals surface area contributed by atoms with E-state index in [1.54, 1.807) is 12.3 Å². The van der Waals surface area contributed by atoms with Gasteiger partial charge >= 0.3 is 0 Å². The SMILES string of the molecule is O=C(/C=C/c1ccc(N[C@@H]2CCN(c3ccccc3)C2)nc1)NOC1CCCCO1. The highest BCUT2D eigenvalue weighted by molar-refractivity contribution is 5.90. The average molecular weight is 409 g/mol. The number of para-hydroxylation sites is 1. The summed E-state index contributed by atoms with van der Waals surface area (Å²) in [7, 11) is 0. The molecule has 1 amide bonds. The summed E-state index contributed by atoms with van der Waals surface area (Å²) in [6, 6.07) is 14.7. The Morgan fingerprint density at radius 3 is 2.83 bits per heavy atom. The van der Waals surface area contributed by atoms with Crippen molar-refractivity contribution in [3.05, 3.63) is 60.3 Å². The molecule has 7 heteroatoms. The van der Waals surface area contributed by atoms with E-state index in [-0.39, 0.29) is 12.2 Å². The van der Waals surface area contributed by atoms with E-state index in [4.69, 9.17) is 9.57 Å². The van der Waals surface area contributed by atoms with Gasteiger partial charge in [-0.05, 0) is 55.2 Å². The lowest BCUT2D eigenvalue weighted by Gasteiger charge is -2.21. The number of nitrogens with zero attached hydrogens (tertiary/aromatic N) is 2. The number of carbonyl (C=O) groups is 1. The fourth-order valence-corrected chi connectivity index (χ4v) is 3.68. The Kier molecular flexibility index (Phi) is 6.95. The standard InChI is InChI=1S/C23H28N4O3/c28-22(26-30-23-8-4-5-15-29-23)12-10-18-9-11-21(24-16-18)25-19-13-14-27(17-19)20-6-2-1-3-7-20/h1-3,6-7,9-12,16,19,23H,4-5,8,13-15,17H2,(H,24,25)(H,26,28)/b12-10+/t19-,23?/m1/s1. The molecule has 4 rings (SSSR count). The zero-order chi connectivity index (χ0) is 20.6. The van der Waals surface area contributed by atoms with Crippen LogP contribution >= 0.6 is 0 Å². The van der Waals surface area contributed by atoms with E-state index < -0.39 is 0 Å². The van der Waals surface area contributed by atoms with Crippen LogP contribution < -0.4 is 15.7 Å². The topological polar surface area (TPSA) is 75.7 Å². The van der Waals surface area contributed by atoms with Gasteiger partial charge in [-0.1, -0.05) is 18.2 Å². The molecule has 2 atom stereocenters. The Balaban J connectivity index is 1.22. The first-order valence-corrected chi connectivity index (χ1v) is 10.5. The van der Waals surface area contributed by atoms with E-state index >= 15 is 0 Å². The summed E-state index contributed by atoms with van der Waals surface area (Å²) in [6.07, 6.45) is 8.50. The molecular weight excluding hydrogens is 380 g/mol. The molecule has 1 aromatic heterocycles. The Morgan fingerprint density at radius 1 is 1.17 bits per heavy atom. The van der Waals surface area contributed by atoms with Gasteiger partial charge in [-0.3, -0.25) is 4.79 Å². The second-order valence-electron chi connectivity index (χ2n) is 7.60. The molecule has 30 heavy (non-hydrogen) atoms. The minimum absolute atomic E-state index is 0.321. The second kappa shape index (κ2) is 10.2. The maximum atomic E-state index is 11.9. The van der Waals surface area contributed by atoms with Gasteiger partial charge in [0.1, 0.15) is 5.82 Å². The van der Waals surface area contributed by atoms with Crippen molar-refractivity contribution in [2.24, 2.45) is 0 Å². The average Bonchev–Trinajstić information content (AvgIpc) is 3.27. The van der Waals surface area contributed by atoms with Crippen LogP contribution in [0.25, 0.3) is 6.08 Å². The molecule has 2 aliphatic rings. The van der Waals surface area contributed by atoms with Gasteiger partial charge in [0.2, 0.25) is 0 Å². The van der Waals surface area contributed by atoms with Gasteiger partial charge in [0.05, 0.1) is 0 Å². The second-order valence-corrected chi connectivity index (χ2v) is 7.60. The molecule has 1 unspecified atom stereocenters. The molecule has 0 aliphatic carbocycles. The predicted molar refractivity (Wildman–Crippen MR) is 117 cm³/mol. The Morgan fingerprint density at radius 2 is 2.07 bits per heavy atom. The minimum Gasteiger partial charge on any atom is -0.369 e. The summed E-state index contributed by atoms with van der Waals surface area (Å²) >= 11 is 0. The quantitative estimate of drug-likeness (QED) is 0.541. The van der Waals surface area contributed by atoms with E-state index in [9.17, 15) is 4.79 Å². The van der Waals surface area contributed by atoms with Crippen LogP contribution in [0.3, 0.4) is 0 Å². The molecule has 1 aromatic carbocycles. The molecule has 2 fully saturated rings. The number of anilines is 2. The molecule has 158 valence electrons. The van der Waals surface area contributed by atoms with Gasteiger partial charge in [-0.15, -0.1) is 0 Å². The number of pyridine rings is 1. The fourth-order valence-electron chi connectivity index (χ4n) is 3.68. The van der Waals surface area contributed by atoms with Gasteiger partial charge in [0, 0.05) is 50.1 Å². The highest BCUT2D eigenvalue weighted by Crippen LogP contribution is 2.21. The highest BCUT2D eigenvalue weighted by Gasteiger charge is 2.22. The van der Waals surface area contributed by atoms with Gasteiger partial charge in [0.15, 0.2) is 6.29 Å². The summed E-state index contributed by atoms with van der Waals surface area (Å²) in [5.74, 6) is 0.521. The van der Waals surface area contributed by atoms with Crippen molar-refractivity contribution in [1.82, 2.24) is 10.5 Å². The first kappa shape index (κ1) is 20.4. The summed E-state index contributed by atoms with van der Waals surface area (Å²) in [6.45, 7) is 2.66. The summed E-state index contributed by atoms with van der Waals surface area (Å²) < 4.78 is 5.41. The van der Waals surface area contributed by atoms with E-state index in [2.05, 4.69) is 44.9 Å². The predicted octanol–water partition coefficient (Wildman–Crippen LogP) is 3.36. The maximum absolute atomic E-state index is 11.9. The molecular formula is C23H28N4O3. The van der Waals surface area contributed by atoms with E-state index in [1.165, 1.54) is 11.8 Å². The van der Waals surface area contributed by atoms with Crippen LogP contribution in [0.4, 0.5) is 11.5 Å². The third-order valence-electron chi connectivity index (χ3n) is 5.30. The zero-order valence-electron chi connectivity index (χ0n) is 17.0. The number of benzene rings is 1. The summed E-state index contributed by atoms with van der Waals surface area (Å²) in [5.41, 5.74) is 4.52. The van der Waals surface area contributed by atoms with E-state index in [0.29, 0.717) is 12.6 Å². The van der Waals surface area contributed by atoms with Crippen molar-refractivity contribution < 1.29 is 14.4 Å². The van der Waals surface area contributed by atoms with Gasteiger partial charge in [-0.2, -0.15) is 0 Å². The number of carbonyl (C=O) groups excluding carboxylic acids is 1. The van der Waals surface area contributed by atoms with Crippen molar-refractivity contribution in [3.8, 4) is 0 Å². The number of hydroxylamine groups is 1. The Hall–Kier alpha value is -2.90. The number of hydrogen-bond acceptors (Lipinski definition) is 6. The maximum Gasteiger partial charge on any atom is 0.267 e. The van der Waals surface area contributed by atoms with E-state index in [0.717, 1.165) is 50.2 Å². The van der Waals surface area contributed by atoms with E-state index in [1.807, 2.05) is 18.2 Å². The Labute approximate surface area is 177 Å². The van der Waals surface area contributed by atoms with Gasteiger partial charge in [0.25, 0.3) is 5.91 Å². The summed E-state index contributed by atoms with van der Waals surface area (Å²) in [5, 5.41) is 3.50. The van der Waals surface area contributed by atoms with Crippen LogP contribution in [-0.4, -0.2) is 42.9 Å². The van der Waals surface area contributed by atoms with Gasteiger partial charge < -0.3 is 15.0 Å². The number of amides is 1. The number of ether oxygens (including phenoxy) is 1. The normalized spacial score (nSPS) is 21.7. The molecule has 0 spiro atoms. The van der Waals surface area contributed by atoms with Crippen LogP contribution in [0.5, 0.6) is 0 Å². The number of nitrogens with one attached hydrogen (secondary N) is 2. The van der Waals surface area contributed by atoms with Crippen molar-refractivity contribution in [1.29, 1.82) is 0 Å². The molecule has 2 saturated heterocycles. The van der Waals surface area contributed by atoms with Crippen LogP contribution in [0.1, 0.15) is 31.2 Å². The molecule has 7 nitrogen and oxygen atoms in total. The van der Waals surface area contributed by atoms with Crippen LogP contribution in [0.15, 0.2) is 54.7 Å². The van der Waals surface area contributed by atoms with Crippen LogP contribution in [-0.2, 0) is 14.4 Å². The van der Waals surface area contributed by atoms with Crippen molar-refractivity contribution in [3.63, 3.8) is 0 Å². The fraction of sp³-hybridized carbons (Fsp3) is 0.391. The number of aromatic nitrogens is 1. The van der Waals surface area contributed by atoms with Crippen molar-refractivity contribution >= 4 is 23.5 Å². The first-order valence-electron chi connectivity index (χ1n) is 10.5. The zero-order valence-corrected chi connectivity index (χ0v) is 17.0. The first-order chi connectivity index (χ1) is 14.8. The third kappa shape index (κ3) is 5.81. The molecule has 2 N–H and O–H groups in total. The lowest BCUT2D eigenvalue weighted by atomic mass is 10.2. The molecule has 2 aromatic rings. The van der Waals surface area contributed by atoms with Crippen molar-refractivity contribution in [2.75, 3.05) is 29.9 Å². The minimum atomic E-state index is -0.350. The molecule has 0 saturated carbocycles. The molecule has 3 heterocycles.